The number of halogens is 1. The number of rotatable bonds is 5. The lowest BCUT2D eigenvalue weighted by molar-refractivity contribution is -0.107. The average Bonchev–Trinajstić information content (AvgIpc) is 2.85. The van der Waals surface area contributed by atoms with E-state index < -0.39 is 5.91 Å². The standard InChI is InChI=1S/C14H15ClN4O3/c1-18-11(8-3-4-10(15)12(5-8)22-2)6-9(13(16)21)14(18)19(17)7-20/h3-7H,17H2,1-2H3,(H2,16,21). The maximum absolute atomic E-state index is 11.6. The number of anilines is 1. The summed E-state index contributed by atoms with van der Waals surface area (Å²) < 4.78 is 6.77. The number of carbonyl (C=O) groups is 2. The van der Waals surface area contributed by atoms with E-state index in [0.29, 0.717) is 22.9 Å². The van der Waals surface area contributed by atoms with Crippen molar-refractivity contribution in [2.24, 2.45) is 18.6 Å². The minimum atomic E-state index is -0.685. The van der Waals surface area contributed by atoms with Crippen molar-refractivity contribution in [1.29, 1.82) is 0 Å². The first-order valence-corrected chi connectivity index (χ1v) is 6.61. The molecule has 0 spiro atoms. The van der Waals surface area contributed by atoms with E-state index in [1.165, 1.54) is 7.11 Å². The summed E-state index contributed by atoms with van der Waals surface area (Å²) in [6.07, 6.45) is 0.397. The molecule has 0 saturated heterocycles. The Morgan fingerprint density at radius 1 is 1.41 bits per heavy atom. The van der Waals surface area contributed by atoms with Crippen LogP contribution in [-0.4, -0.2) is 24.0 Å². The van der Waals surface area contributed by atoms with E-state index in [4.69, 9.17) is 27.9 Å². The minimum Gasteiger partial charge on any atom is -0.495 e. The third kappa shape index (κ3) is 2.63. The number of aromatic nitrogens is 1. The molecule has 2 amide bonds. The van der Waals surface area contributed by atoms with Crippen molar-refractivity contribution in [2.45, 2.75) is 0 Å². The van der Waals surface area contributed by atoms with Gasteiger partial charge < -0.3 is 15.0 Å². The first-order chi connectivity index (χ1) is 10.4. The Morgan fingerprint density at radius 3 is 2.64 bits per heavy atom. The van der Waals surface area contributed by atoms with Gasteiger partial charge in [0.25, 0.3) is 5.91 Å². The highest BCUT2D eigenvalue weighted by Gasteiger charge is 2.21. The minimum absolute atomic E-state index is 0.140. The molecule has 0 aliphatic carbocycles. The number of amides is 2. The van der Waals surface area contributed by atoms with Crippen LogP contribution in [-0.2, 0) is 11.8 Å². The van der Waals surface area contributed by atoms with Crippen molar-refractivity contribution in [3.63, 3.8) is 0 Å². The fourth-order valence-corrected chi connectivity index (χ4v) is 2.43. The van der Waals surface area contributed by atoms with Crippen LogP contribution in [0.5, 0.6) is 5.75 Å². The summed E-state index contributed by atoms with van der Waals surface area (Å²) in [6, 6.07) is 6.71. The van der Waals surface area contributed by atoms with E-state index in [9.17, 15) is 9.59 Å². The summed E-state index contributed by atoms with van der Waals surface area (Å²) in [5, 5.41) is 1.26. The highest BCUT2D eigenvalue weighted by atomic mass is 35.5. The van der Waals surface area contributed by atoms with Crippen molar-refractivity contribution in [2.75, 3.05) is 12.1 Å². The van der Waals surface area contributed by atoms with E-state index in [-0.39, 0.29) is 11.4 Å². The number of methoxy groups -OCH3 is 1. The molecule has 22 heavy (non-hydrogen) atoms. The molecule has 0 unspecified atom stereocenters. The van der Waals surface area contributed by atoms with Gasteiger partial charge in [0.05, 0.1) is 23.4 Å². The number of hydrogen-bond donors (Lipinski definition) is 2. The Morgan fingerprint density at radius 2 is 2.09 bits per heavy atom. The van der Waals surface area contributed by atoms with Gasteiger partial charge in [0.1, 0.15) is 11.6 Å². The molecule has 0 aliphatic heterocycles. The second-order valence-electron chi connectivity index (χ2n) is 4.55. The van der Waals surface area contributed by atoms with Gasteiger partial charge in [0, 0.05) is 12.6 Å². The van der Waals surface area contributed by atoms with Crippen LogP contribution in [0, 0.1) is 0 Å². The molecule has 4 N–H and O–H groups in total. The summed E-state index contributed by atoms with van der Waals surface area (Å²) in [4.78, 5) is 22.5. The van der Waals surface area contributed by atoms with Gasteiger partial charge >= 0.3 is 0 Å². The lowest BCUT2D eigenvalue weighted by atomic mass is 10.1. The second kappa shape index (κ2) is 6.08. The average molecular weight is 323 g/mol. The number of benzene rings is 1. The molecule has 8 heteroatoms. The molecule has 1 aromatic carbocycles. The number of nitrogens with zero attached hydrogens (tertiary/aromatic N) is 2. The normalized spacial score (nSPS) is 10.4. The Kier molecular flexibility index (Phi) is 4.39. The zero-order valence-corrected chi connectivity index (χ0v) is 12.8. The fraction of sp³-hybridized carbons (Fsp3) is 0.143. The number of ether oxygens (including phenoxy) is 1. The van der Waals surface area contributed by atoms with Crippen molar-refractivity contribution >= 4 is 29.7 Å². The van der Waals surface area contributed by atoms with Gasteiger partial charge in [-0.25, -0.2) is 10.9 Å². The van der Waals surface area contributed by atoms with E-state index in [2.05, 4.69) is 0 Å². The second-order valence-corrected chi connectivity index (χ2v) is 4.96. The molecule has 2 aromatic rings. The SMILES string of the molecule is COc1cc(-c2cc(C(N)=O)c(N(N)C=O)n2C)ccc1Cl. The lowest BCUT2D eigenvalue weighted by Crippen LogP contribution is -2.32. The zero-order valence-electron chi connectivity index (χ0n) is 12.0. The molecule has 1 aromatic heterocycles. The smallest absolute Gasteiger partial charge is 0.252 e. The number of primary amides is 1. The predicted octanol–water partition coefficient (Wildman–Crippen LogP) is 1.29. The van der Waals surface area contributed by atoms with E-state index in [0.717, 1.165) is 10.6 Å². The van der Waals surface area contributed by atoms with E-state index >= 15 is 0 Å². The molecule has 0 atom stereocenters. The van der Waals surface area contributed by atoms with Gasteiger partial charge in [-0.1, -0.05) is 17.7 Å². The van der Waals surface area contributed by atoms with Crippen molar-refractivity contribution in [3.05, 3.63) is 34.9 Å². The van der Waals surface area contributed by atoms with E-state index in [1.54, 1.807) is 35.9 Å². The molecule has 0 radical (unpaired) electrons. The van der Waals surface area contributed by atoms with Crippen LogP contribution in [0.25, 0.3) is 11.3 Å². The Labute approximate surface area is 132 Å². The van der Waals surface area contributed by atoms with Crippen LogP contribution < -0.4 is 21.3 Å². The van der Waals surface area contributed by atoms with Gasteiger partial charge in [-0.2, -0.15) is 0 Å². The monoisotopic (exact) mass is 322 g/mol. The highest BCUT2D eigenvalue weighted by Crippen LogP contribution is 2.34. The molecular weight excluding hydrogens is 308 g/mol. The molecular formula is C14H15ClN4O3. The molecule has 116 valence electrons. The quantitative estimate of drug-likeness (QED) is 0.374. The third-order valence-corrected chi connectivity index (χ3v) is 3.58. The summed E-state index contributed by atoms with van der Waals surface area (Å²) in [6.45, 7) is 0. The molecule has 0 saturated carbocycles. The third-order valence-electron chi connectivity index (χ3n) is 3.27. The van der Waals surface area contributed by atoms with Gasteiger partial charge in [0.15, 0.2) is 0 Å². The highest BCUT2D eigenvalue weighted by molar-refractivity contribution is 6.32. The summed E-state index contributed by atoms with van der Waals surface area (Å²) in [7, 11) is 3.17. The van der Waals surface area contributed by atoms with Crippen LogP contribution in [0.1, 0.15) is 10.4 Å². The molecule has 0 fully saturated rings. The van der Waals surface area contributed by atoms with Crippen LogP contribution in [0.15, 0.2) is 24.3 Å². The number of hydrogen-bond acceptors (Lipinski definition) is 4. The Hall–Kier alpha value is -2.51. The first-order valence-electron chi connectivity index (χ1n) is 6.23. The number of carbonyl (C=O) groups excluding carboxylic acids is 2. The number of nitrogens with two attached hydrogens (primary N) is 2. The molecule has 0 aliphatic rings. The van der Waals surface area contributed by atoms with Crippen molar-refractivity contribution < 1.29 is 14.3 Å². The van der Waals surface area contributed by atoms with Crippen LogP contribution in [0.2, 0.25) is 5.02 Å². The Balaban J connectivity index is 2.66. The summed E-state index contributed by atoms with van der Waals surface area (Å²) >= 11 is 6.00. The fourth-order valence-electron chi connectivity index (χ4n) is 2.23. The van der Waals surface area contributed by atoms with Crippen molar-refractivity contribution in [3.8, 4) is 17.0 Å². The lowest BCUT2D eigenvalue weighted by Gasteiger charge is -2.14. The molecule has 0 bridgehead atoms. The summed E-state index contributed by atoms with van der Waals surface area (Å²) in [5.74, 6) is 5.60. The van der Waals surface area contributed by atoms with Gasteiger partial charge in [-0.3, -0.25) is 9.59 Å². The number of hydrazine groups is 1. The maximum atomic E-state index is 11.6. The molecule has 1 heterocycles. The van der Waals surface area contributed by atoms with Crippen molar-refractivity contribution in [1.82, 2.24) is 4.57 Å². The van der Waals surface area contributed by atoms with Gasteiger partial charge in [-0.05, 0) is 18.2 Å². The maximum Gasteiger partial charge on any atom is 0.252 e. The van der Waals surface area contributed by atoms with Crippen LogP contribution >= 0.6 is 11.6 Å². The first kappa shape index (κ1) is 15.9. The molecule has 7 nitrogen and oxygen atoms in total. The molecule has 2 rings (SSSR count). The van der Waals surface area contributed by atoms with Crippen LogP contribution in [0.3, 0.4) is 0 Å². The topological polar surface area (TPSA) is 104 Å². The van der Waals surface area contributed by atoms with Gasteiger partial charge in [0.2, 0.25) is 6.41 Å². The van der Waals surface area contributed by atoms with E-state index in [1.807, 2.05) is 0 Å². The van der Waals surface area contributed by atoms with Gasteiger partial charge in [-0.15, -0.1) is 0 Å². The zero-order chi connectivity index (χ0) is 16.4. The predicted molar refractivity (Wildman–Crippen MR) is 83.7 cm³/mol. The summed E-state index contributed by atoms with van der Waals surface area (Å²) in [5.41, 5.74) is 6.86. The largest absolute Gasteiger partial charge is 0.495 e. The van der Waals surface area contributed by atoms with Crippen LogP contribution in [0.4, 0.5) is 5.82 Å². The Bertz CT molecular complexity index is 742.